The van der Waals surface area contributed by atoms with E-state index in [4.69, 9.17) is 4.55 Å². The summed E-state index contributed by atoms with van der Waals surface area (Å²) in [6, 6.07) is 0. The van der Waals surface area contributed by atoms with E-state index in [1.165, 1.54) is 6.08 Å². The van der Waals surface area contributed by atoms with Crippen LogP contribution < -0.4 is 0 Å². The van der Waals surface area contributed by atoms with Gasteiger partial charge in [-0.3, -0.25) is 4.55 Å². The number of rotatable bonds is 3. The van der Waals surface area contributed by atoms with Gasteiger partial charge in [-0.2, -0.15) is 8.42 Å². The predicted octanol–water partition coefficient (Wildman–Crippen LogP) is -0.0107. The van der Waals surface area contributed by atoms with Gasteiger partial charge in [0.05, 0.1) is 6.61 Å². The van der Waals surface area contributed by atoms with Gasteiger partial charge >= 0.3 is 10.4 Å². The molecule has 0 saturated carbocycles. The third-order valence-electron chi connectivity index (χ3n) is 0.335. The van der Waals surface area contributed by atoms with Crippen LogP contribution in [0.1, 0.15) is 0 Å². The number of hydrogen-bond acceptors (Lipinski definition) is 3. The van der Waals surface area contributed by atoms with Crippen molar-refractivity contribution in [3.05, 3.63) is 12.7 Å². The molecule has 1 N–H and O–H groups in total. The Bertz CT molecular complexity index is 161. The van der Waals surface area contributed by atoms with Crippen molar-refractivity contribution in [1.29, 1.82) is 0 Å². The molecule has 0 aliphatic rings. The second kappa shape index (κ2) is 5.16. The number of hydrogen-bond donors (Lipinski definition) is 1. The molecule has 0 aliphatic heterocycles. The third-order valence-corrected chi connectivity index (χ3v) is 0.769. The SMILES string of the molecule is C=CCOS(=O)(=O)O.[Ag]. The first kappa shape index (κ1) is 12.1. The summed E-state index contributed by atoms with van der Waals surface area (Å²) < 4.78 is 31.0. The van der Waals surface area contributed by atoms with Crippen LogP contribution in [0, 0.1) is 0 Å². The normalized spacial score (nSPS) is 9.89. The zero-order chi connectivity index (χ0) is 6.62. The van der Waals surface area contributed by atoms with Gasteiger partial charge < -0.3 is 0 Å². The minimum atomic E-state index is -4.26. The maximum Gasteiger partial charge on any atom is 0.397 e. The molecule has 9 heavy (non-hydrogen) atoms. The van der Waals surface area contributed by atoms with E-state index < -0.39 is 10.4 Å². The van der Waals surface area contributed by atoms with Gasteiger partial charge in [0, 0.05) is 22.4 Å². The van der Waals surface area contributed by atoms with Gasteiger partial charge in [-0.05, 0) is 0 Å². The molecule has 0 unspecified atom stereocenters. The minimum Gasteiger partial charge on any atom is -0.264 e. The Balaban J connectivity index is 0. The van der Waals surface area contributed by atoms with Crippen LogP contribution in [0.15, 0.2) is 12.7 Å². The van der Waals surface area contributed by atoms with Crippen molar-refractivity contribution in [3.63, 3.8) is 0 Å². The van der Waals surface area contributed by atoms with Gasteiger partial charge in [-0.1, -0.05) is 6.08 Å². The van der Waals surface area contributed by atoms with E-state index in [1.807, 2.05) is 0 Å². The molecule has 0 spiro atoms. The maximum absolute atomic E-state index is 9.68. The Morgan fingerprint density at radius 1 is 1.67 bits per heavy atom. The molecular formula is C3H6AgO4S. The van der Waals surface area contributed by atoms with E-state index in [-0.39, 0.29) is 29.0 Å². The molecule has 0 atom stereocenters. The molecule has 59 valence electrons. The minimum absolute atomic E-state index is 0. The monoisotopic (exact) mass is 245 g/mol. The van der Waals surface area contributed by atoms with Crippen molar-refractivity contribution < 1.29 is 39.5 Å². The third kappa shape index (κ3) is 11.8. The smallest absolute Gasteiger partial charge is 0.264 e. The molecule has 0 saturated heterocycles. The molecule has 0 amide bonds. The quantitative estimate of drug-likeness (QED) is 0.432. The Labute approximate surface area is 69.4 Å². The summed E-state index contributed by atoms with van der Waals surface area (Å²) in [5, 5.41) is 0. The van der Waals surface area contributed by atoms with Gasteiger partial charge in [-0.15, -0.1) is 6.58 Å². The van der Waals surface area contributed by atoms with Crippen LogP contribution in [0.25, 0.3) is 0 Å². The van der Waals surface area contributed by atoms with E-state index in [9.17, 15) is 8.42 Å². The standard InChI is InChI=1S/C3H6O4S.Ag/c1-2-3-7-8(4,5)6;/h2H,1,3H2,(H,4,5,6);. The first-order valence-electron chi connectivity index (χ1n) is 1.79. The average Bonchev–Trinajstić information content (AvgIpc) is 1.59. The van der Waals surface area contributed by atoms with Crippen molar-refractivity contribution >= 4 is 10.4 Å². The van der Waals surface area contributed by atoms with Gasteiger partial charge in [-0.25, -0.2) is 4.18 Å². The Hall–Kier alpha value is 0.350. The van der Waals surface area contributed by atoms with Crippen molar-refractivity contribution in [2.75, 3.05) is 6.61 Å². The fraction of sp³-hybridized carbons (Fsp3) is 0.333. The van der Waals surface area contributed by atoms with Crippen LogP contribution in [0.2, 0.25) is 0 Å². The van der Waals surface area contributed by atoms with Crippen LogP contribution in [-0.4, -0.2) is 19.6 Å². The van der Waals surface area contributed by atoms with E-state index in [0.29, 0.717) is 0 Å². The first-order chi connectivity index (χ1) is 3.56. The zero-order valence-corrected chi connectivity index (χ0v) is 6.67. The van der Waals surface area contributed by atoms with Crippen molar-refractivity contribution in [3.8, 4) is 0 Å². The van der Waals surface area contributed by atoms with Crippen molar-refractivity contribution in [2.45, 2.75) is 0 Å². The van der Waals surface area contributed by atoms with Crippen LogP contribution in [0.4, 0.5) is 0 Å². The van der Waals surface area contributed by atoms with Crippen LogP contribution in [0.3, 0.4) is 0 Å². The second-order valence-electron chi connectivity index (χ2n) is 1.00. The van der Waals surface area contributed by atoms with Gasteiger partial charge in [0.15, 0.2) is 0 Å². The summed E-state index contributed by atoms with van der Waals surface area (Å²) in [7, 11) is -4.26. The molecule has 6 heteroatoms. The Kier molecular flexibility index (Phi) is 6.92. The molecular weight excluding hydrogens is 240 g/mol. The molecule has 0 rings (SSSR count). The molecule has 0 heterocycles. The zero-order valence-electron chi connectivity index (χ0n) is 4.37. The fourth-order valence-electron chi connectivity index (χ4n) is 0.134. The van der Waals surface area contributed by atoms with Gasteiger partial charge in [0.25, 0.3) is 0 Å². The first-order valence-corrected chi connectivity index (χ1v) is 3.15. The largest absolute Gasteiger partial charge is 0.397 e. The summed E-state index contributed by atoms with van der Waals surface area (Å²) >= 11 is 0. The molecule has 0 aromatic heterocycles. The maximum atomic E-state index is 9.68. The van der Waals surface area contributed by atoms with E-state index in [0.717, 1.165) is 0 Å². The second-order valence-corrected chi connectivity index (χ2v) is 2.09. The van der Waals surface area contributed by atoms with Crippen LogP contribution in [0.5, 0.6) is 0 Å². The summed E-state index contributed by atoms with van der Waals surface area (Å²) in [6.07, 6.45) is 1.22. The van der Waals surface area contributed by atoms with Crippen molar-refractivity contribution in [2.24, 2.45) is 0 Å². The van der Waals surface area contributed by atoms with Crippen LogP contribution in [-0.2, 0) is 37.0 Å². The summed E-state index contributed by atoms with van der Waals surface area (Å²) in [5.41, 5.74) is 0. The van der Waals surface area contributed by atoms with E-state index in [2.05, 4.69) is 10.8 Å². The van der Waals surface area contributed by atoms with Gasteiger partial charge in [0.1, 0.15) is 0 Å². The average molecular weight is 246 g/mol. The Morgan fingerprint density at radius 2 is 2.11 bits per heavy atom. The topological polar surface area (TPSA) is 63.6 Å². The summed E-state index contributed by atoms with van der Waals surface area (Å²) in [4.78, 5) is 0. The molecule has 1 radical (unpaired) electrons. The van der Waals surface area contributed by atoms with Gasteiger partial charge in [0.2, 0.25) is 0 Å². The molecule has 0 aliphatic carbocycles. The molecule has 0 bridgehead atoms. The fourth-order valence-corrected chi connectivity index (χ4v) is 0.402. The van der Waals surface area contributed by atoms with Crippen LogP contribution >= 0.6 is 0 Å². The molecule has 4 nitrogen and oxygen atoms in total. The molecule has 0 fully saturated rings. The summed E-state index contributed by atoms with van der Waals surface area (Å²) in [6.45, 7) is 2.97. The summed E-state index contributed by atoms with van der Waals surface area (Å²) in [5.74, 6) is 0. The van der Waals surface area contributed by atoms with Crippen molar-refractivity contribution in [1.82, 2.24) is 0 Å². The van der Waals surface area contributed by atoms with E-state index in [1.54, 1.807) is 0 Å². The predicted molar refractivity (Wildman–Crippen MR) is 27.7 cm³/mol. The van der Waals surface area contributed by atoms with E-state index >= 15 is 0 Å². The molecule has 0 aromatic carbocycles. The molecule has 0 aromatic rings. The Morgan fingerprint density at radius 3 is 2.22 bits per heavy atom.